The summed E-state index contributed by atoms with van der Waals surface area (Å²) < 4.78 is 0. The summed E-state index contributed by atoms with van der Waals surface area (Å²) in [5.74, 6) is 0.432. The molecule has 5 nitrogen and oxygen atoms in total. The molecular weight excluding hydrogens is 324 g/mol. The van der Waals surface area contributed by atoms with E-state index in [1.54, 1.807) is 12.4 Å². The highest BCUT2D eigenvalue weighted by Crippen LogP contribution is 2.20. The first-order chi connectivity index (χ1) is 11.7. The highest BCUT2D eigenvalue weighted by atomic mass is 35.5. The summed E-state index contributed by atoms with van der Waals surface area (Å²) in [6.45, 7) is 0.543. The van der Waals surface area contributed by atoms with E-state index in [2.05, 4.69) is 20.6 Å². The van der Waals surface area contributed by atoms with Crippen LogP contribution in [0.15, 0.2) is 36.7 Å². The van der Waals surface area contributed by atoms with E-state index in [1.807, 2.05) is 24.3 Å². The van der Waals surface area contributed by atoms with Crippen molar-refractivity contribution in [3.05, 3.63) is 52.8 Å². The van der Waals surface area contributed by atoms with Gasteiger partial charge >= 0.3 is 0 Å². The third-order valence-electron chi connectivity index (χ3n) is 4.19. The third-order valence-corrected chi connectivity index (χ3v) is 4.43. The summed E-state index contributed by atoms with van der Waals surface area (Å²) >= 11 is 5.95. The van der Waals surface area contributed by atoms with Gasteiger partial charge in [-0.1, -0.05) is 36.6 Å². The molecule has 0 saturated heterocycles. The lowest BCUT2D eigenvalue weighted by Gasteiger charge is -2.11. The SMILES string of the molecule is O=C(NCCc1cccc(Cl)c1)c1cnc(NC2CCCC2)nc1. The van der Waals surface area contributed by atoms with Crippen molar-refractivity contribution in [1.82, 2.24) is 15.3 Å². The smallest absolute Gasteiger partial charge is 0.254 e. The van der Waals surface area contributed by atoms with Crippen LogP contribution in [0.4, 0.5) is 5.95 Å². The normalized spacial score (nSPS) is 14.5. The van der Waals surface area contributed by atoms with Gasteiger partial charge in [-0.2, -0.15) is 0 Å². The standard InChI is InChI=1S/C18H21ClN4O/c19-15-5-3-4-13(10-15)8-9-20-17(24)14-11-21-18(22-12-14)23-16-6-1-2-7-16/h3-5,10-12,16H,1-2,6-9H2,(H,20,24)(H,21,22,23). The first-order valence-corrected chi connectivity index (χ1v) is 8.70. The Morgan fingerprint density at radius 1 is 1.21 bits per heavy atom. The fourth-order valence-corrected chi connectivity index (χ4v) is 3.10. The second-order valence-electron chi connectivity index (χ2n) is 6.06. The van der Waals surface area contributed by atoms with Crippen molar-refractivity contribution < 1.29 is 4.79 Å². The maximum absolute atomic E-state index is 12.1. The average Bonchev–Trinajstić information content (AvgIpc) is 3.08. The molecule has 1 heterocycles. The summed E-state index contributed by atoms with van der Waals surface area (Å²) in [6.07, 6.45) is 8.70. The van der Waals surface area contributed by atoms with Crippen LogP contribution < -0.4 is 10.6 Å². The number of benzene rings is 1. The minimum Gasteiger partial charge on any atom is -0.352 e. The van der Waals surface area contributed by atoms with Gasteiger partial charge in [0.1, 0.15) is 0 Å². The van der Waals surface area contributed by atoms with Crippen LogP contribution in [0, 0.1) is 0 Å². The van der Waals surface area contributed by atoms with Crippen molar-refractivity contribution in [3.63, 3.8) is 0 Å². The number of rotatable bonds is 6. The molecule has 0 unspecified atom stereocenters. The quantitative estimate of drug-likeness (QED) is 0.842. The molecule has 1 aliphatic carbocycles. The molecule has 6 heteroatoms. The first kappa shape index (κ1) is 16.7. The van der Waals surface area contributed by atoms with Gasteiger partial charge in [-0.05, 0) is 37.0 Å². The van der Waals surface area contributed by atoms with Gasteiger partial charge < -0.3 is 10.6 Å². The van der Waals surface area contributed by atoms with Gasteiger partial charge in [0, 0.05) is 30.0 Å². The maximum Gasteiger partial charge on any atom is 0.254 e. The fourth-order valence-electron chi connectivity index (χ4n) is 2.89. The highest BCUT2D eigenvalue weighted by molar-refractivity contribution is 6.30. The Morgan fingerprint density at radius 2 is 1.96 bits per heavy atom. The van der Waals surface area contributed by atoms with Crippen LogP contribution in [0.25, 0.3) is 0 Å². The van der Waals surface area contributed by atoms with Gasteiger partial charge in [-0.25, -0.2) is 9.97 Å². The zero-order chi connectivity index (χ0) is 16.8. The molecule has 0 bridgehead atoms. The number of hydrogen-bond acceptors (Lipinski definition) is 4. The third kappa shape index (κ3) is 4.68. The van der Waals surface area contributed by atoms with Crippen LogP contribution in [-0.4, -0.2) is 28.5 Å². The average molecular weight is 345 g/mol. The number of aromatic nitrogens is 2. The van der Waals surface area contributed by atoms with E-state index in [4.69, 9.17) is 11.6 Å². The van der Waals surface area contributed by atoms with Crippen LogP contribution in [0.3, 0.4) is 0 Å². The van der Waals surface area contributed by atoms with Crippen molar-refractivity contribution in [2.24, 2.45) is 0 Å². The Bertz CT molecular complexity index is 684. The Labute approximate surface area is 146 Å². The number of nitrogens with zero attached hydrogens (tertiary/aromatic N) is 2. The number of nitrogens with one attached hydrogen (secondary N) is 2. The molecule has 1 amide bonds. The van der Waals surface area contributed by atoms with Crippen molar-refractivity contribution in [3.8, 4) is 0 Å². The molecule has 0 atom stereocenters. The van der Waals surface area contributed by atoms with Gasteiger partial charge in [0.15, 0.2) is 0 Å². The Kier molecular flexibility index (Phi) is 5.64. The molecule has 3 rings (SSSR count). The van der Waals surface area contributed by atoms with Gasteiger partial charge in [-0.3, -0.25) is 4.79 Å². The van der Waals surface area contributed by atoms with Crippen molar-refractivity contribution in [2.75, 3.05) is 11.9 Å². The monoisotopic (exact) mass is 344 g/mol. The highest BCUT2D eigenvalue weighted by Gasteiger charge is 2.15. The number of hydrogen-bond donors (Lipinski definition) is 2. The largest absolute Gasteiger partial charge is 0.352 e. The van der Waals surface area contributed by atoms with E-state index in [0.29, 0.717) is 29.1 Å². The molecule has 0 aliphatic heterocycles. The number of carbonyl (C=O) groups is 1. The summed E-state index contributed by atoms with van der Waals surface area (Å²) in [6, 6.07) is 8.10. The fraction of sp³-hybridized carbons (Fsp3) is 0.389. The summed E-state index contributed by atoms with van der Waals surface area (Å²) in [5.41, 5.74) is 1.56. The van der Waals surface area contributed by atoms with Gasteiger partial charge in [0.05, 0.1) is 5.56 Å². The van der Waals surface area contributed by atoms with E-state index in [0.717, 1.165) is 24.8 Å². The van der Waals surface area contributed by atoms with Crippen LogP contribution in [0.1, 0.15) is 41.6 Å². The molecule has 1 aliphatic rings. The molecule has 0 radical (unpaired) electrons. The van der Waals surface area contributed by atoms with E-state index >= 15 is 0 Å². The number of halogens is 1. The number of amides is 1. The van der Waals surface area contributed by atoms with E-state index in [-0.39, 0.29) is 5.91 Å². The van der Waals surface area contributed by atoms with E-state index in [9.17, 15) is 4.79 Å². The Hall–Kier alpha value is -2.14. The van der Waals surface area contributed by atoms with E-state index in [1.165, 1.54) is 12.8 Å². The Balaban J connectivity index is 1.47. The number of carbonyl (C=O) groups excluding carboxylic acids is 1. The molecule has 1 saturated carbocycles. The summed E-state index contributed by atoms with van der Waals surface area (Å²) in [5, 5.41) is 6.89. The lowest BCUT2D eigenvalue weighted by Crippen LogP contribution is -2.26. The predicted molar refractivity (Wildman–Crippen MR) is 95.4 cm³/mol. The van der Waals surface area contributed by atoms with Crippen LogP contribution in [-0.2, 0) is 6.42 Å². The molecule has 1 aromatic carbocycles. The van der Waals surface area contributed by atoms with Gasteiger partial charge in [0.25, 0.3) is 5.91 Å². The molecule has 0 spiro atoms. The van der Waals surface area contributed by atoms with Crippen LogP contribution >= 0.6 is 11.6 Å². The Morgan fingerprint density at radius 3 is 2.67 bits per heavy atom. The summed E-state index contributed by atoms with van der Waals surface area (Å²) in [7, 11) is 0. The van der Waals surface area contributed by atoms with Crippen molar-refractivity contribution in [1.29, 1.82) is 0 Å². The lowest BCUT2D eigenvalue weighted by atomic mass is 10.1. The second-order valence-corrected chi connectivity index (χ2v) is 6.49. The molecular formula is C18H21ClN4O. The zero-order valence-corrected chi connectivity index (χ0v) is 14.2. The van der Waals surface area contributed by atoms with Crippen molar-refractivity contribution in [2.45, 2.75) is 38.1 Å². The molecule has 2 N–H and O–H groups in total. The minimum atomic E-state index is -0.163. The van der Waals surface area contributed by atoms with E-state index < -0.39 is 0 Å². The van der Waals surface area contributed by atoms with Crippen LogP contribution in [0.2, 0.25) is 5.02 Å². The first-order valence-electron chi connectivity index (χ1n) is 8.32. The lowest BCUT2D eigenvalue weighted by molar-refractivity contribution is 0.0953. The summed E-state index contributed by atoms with van der Waals surface area (Å²) in [4.78, 5) is 20.6. The minimum absolute atomic E-state index is 0.163. The molecule has 126 valence electrons. The zero-order valence-electron chi connectivity index (χ0n) is 13.5. The molecule has 24 heavy (non-hydrogen) atoms. The molecule has 1 fully saturated rings. The molecule has 1 aromatic heterocycles. The molecule has 2 aromatic rings. The van der Waals surface area contributed by atoms with Gasteiger partial charge in [0.2, 0.25) is 5.95 Å². The predicted octanol–water partition coefficient (Wildman–Crippen LogP) is 3.46. The number of anilines is 1. The maximum atomic E-state index is 12.1. The van der Waals surface area contributed by atoms with Gasteiger partial charge in [-0.15, -0.1) is 0 Å². The second kappa shape index (κ2) is 8.11. The topological polar surface area (TPSA) is 66.9 Å². The van der Waals surface area contributed by atoms with Crippen molar-refractivity contribution >= 4 is 23.5 Å². The van der Waals surface area contributed by atoms with Crippen LogP contribution in [0.5, 0.6) is 0 Å².